The molecular formula is C13H13BrN4O2S. The Morgan fingerprint density at radius 2 is 2.24 bits per heavy atom. The first kappa shape index (κ1) is 14.3. The molecule has 0 saturated carbocycles. The molecule has 2 aromatic heterocycles. The molecule has 0 spiro atoms. The minimum absolute atomic E-state index is 0.196. The predicted molar refractivity (Wildman–Crippen MR) is 84.2 cm³/mol. The highest BCUT2D eigenvalue weighted by Gasteiger charge is 2.18. The number of rotatable bonds is 3. The monoisotopic (exact) mass is 368 g/mol. The van der Waals surface area contributed by atoms with Crippen molar-refractivity contribution in [2.45, 2.75) is 17.9 Å². The van der Waals surface area contributed by atoms with Crippen molar-refractivity contribution in [2.75, 3.05) is 5.73 Å². The molecule has 3 rings (SSSR count). The van der Waals surface area contributed by atoms with Gasteiger partial charge in [0.25, 0.3) is 5.22 Å². The number of halogens is 1. The van der Waals surface area contributed by atoms with E-state index in [4.69, 9.17) is 10.2 Å². The van der Waals surface area contributed by atoms with Gasteiger partial charge in [-0.2, -0.15) is 5.10 Å². The van der Waals surface area contributed by atoms with E-state index in [1.54, 1.807) is 22.9 Å². The molecule has 0 aliphatic rings. The van der Waals surface area contributed by atoms with Gasteiger partial charge in [0, 0.05) is 18.8 Å². The Bertz CT molecular complexity index is 855. The van der Waals surface area contributed by atoms with Gasteiger partial charge in [0.05, 0.1) is 21.6 Å². The molecule has 110 valence electrons. The van der Waals surface area contributed by atoms with Gasteiger partial charge < -0.3 is 10.2 Å². The number of hydrogen-bond acceptors (Lipinski definition) is 5. The molecule has 1 unspecified atom stereocenters. The van der Waals surface area contributed by atoms with E-state index in [1.807, 2.05) is 14.0 Å². The third kappa shape index (κ3) is 2.60. The number of oxazole rings is 1. The Morgan fingerprint density at radius 1 is 1.48 bits per heavy atom. The Kier molecular flexibility index (Phi) is 3.58. The first-order chi connectivity index (χ1) is 9.95. The van der Waals surface area contributed by atoms with Crippen LogP contribution in [0.4, 0.5) is 5.69 Å². The van der Waals surface area contributed by atoms with E-state index < -0.39 is 10.8 Å². The van der Waals surface area contributed by atoms with Crippen LogP contribution in [0.2, 0.25) is 0 Å². The van der Waals surface area contributed by atoms with Crippen LogP contribution in [0.1, 0.15) is 11.4 Å². The molecule has 3 aromatic rings. The van der Waals surface area contributed by atoms with Crippen LogP contribution >= 0.6 is 15.9 Å². The second kappa shape index (κ2) is 5.27. The Morgan fingerprint density at radius 3 is 2.90 bits per heavy atom. The summed E-state index contributed by atoms with van der Waals surface area (Å²) in [5.74, 6) is 0.278. The molecule has 8 heteroatoms. The summed E-state index contributed by atoms with van der Waals surface area (Å²) in [6.45, 7) is 1.89. The van der Waals surface area contributed by atoms with Gasteiger partial charge in [0.1, 0.15) is 16.3 Å². The highest BCUT2D eigenvalue weighted by Crippen LogP contribution is 2.25. The normalized spacial score (nSPS) is 12.9. The van der Waals surface area contributed by atoms with E-state index in [9.17, 15) is 4.21 Å². The SMILES string of the molecule is Cc1nn(C)c(CS(=O)c2nc3ccc(N)cc3o2)c1Br. The number of fused-ring (bicyclic) bond motifs is 1. The summed E-state index contributed by atoms with van der Waals surface area (Å²) in [5, 5.41) is 4.48. The fraction of sp³-hybridized carbons (Fsp3) is 0.231. The van der Waals surface area contributed by atoms with Crippen LogP contribution in [0.15, 0.2) is 32.3 Å². The molecule has 2 heterocycles. The lowest BCUT2D eigenvalue weighted by Crippen LogP contribution is -2.04. The lowest BCUT2D eigenvalue weighted by atomic mass is 10.3. The van der Waals surface area contributed by atoms with E-state index in [0.717, 1.165) is 15.9 Å². The maximum absolute atomic E-state index is 12.4. The van der Waals surface area contributed by atoms with Crippen LogP contribution < -0.4 is 5.73 Å². The van der Waals surface area contributed by atoms with Gasteiger partial charge in [0.2, 0.25) is 0 Å². The number of benzene rings is 1. The lowest BCUT2D eigenvalue weighted by molar-refractivity contribution is 0.477. The van der Waals surface area contributed by atoms with E-state index >= 15 is 0 Å². The zero-order valence-corrected chi connectivity index (χ0v) is 13.9. The number of nitrogens with two attached hydrogens (primary N) is 1. The van der Waals surface area contributed by atoms with Crippen molar-refractivity contribution in [3.63, 3.8) is 0 Å². The van der Waals surface area contributed by atoms with Gasteiger partial charge in [-0.1, -0.05) is 0 Å². The van der Waals surface area contributed by atoms with E-state index in [0.29, 0.717) is 16.8 Å². The van der Waals surface area contributed by atoms with Crippen LogP contribution in [-0.2, 0) is 23.6 Å². The van der Waals surface area contributed by atoms with E-state index in [2.05, 4.69) is 26.0 Å². The molecule has 2 N–H and O–H groups in total. The zero-order chi connectivity index (χ0) is 15.1. The smallest absolute Gasteiger partial charge is 0.288 e. The largest absolute Gasteiger partial charge is 0.430 e. The fourth-order valence-corrected chi connectivity index (χ4v) is 3.79. The van der Waals surface area contributed by atoms with Crippen LogP contribution in [0.5, 0.6) is 0 Å². The van der Waals surface area contributed by atoms with Crippen molar-refractivity contribution in [2.24, 2.45) is 7.05 Å². The minimum Gasteiger partial charge on any atom is -0.430 e. The van der Waals surface area contributed by atoms with Crippen molar-refractivity contribution in [1.82, 2.24) is 14.8 Å². The zero-order valence-electron chi connectivity index (χ0n) is 11.5. The Balaban J connectivity index is 1.93. The highest BCUT2D eigenvalue weighted by atomic mass is 79.9. The summed E-state index contributed by atoms with van der Waals surface area (Å²) < 4.78 is 20.5. The van der Waals surface area contributed by atoms with E-state index in [-0.39, 0.29) is 11.0 Å². The third-order valence-corrected chi connectivity index (χ3v) is 5.25. The van der Waals surface area contributed by atoms with Crippen LogP contribution in [-0.4, -0.2) is 19.0 Å². The summed E-state index contributed by atoms with van der Waals surface area (Å²) in [5.41, 5.74) is 9.16. The fourth-order valence-electron chi connectivity index (χ4n) is 2.04. The topological polar surface area (TPSA) is 86.9 Å². The summed E-state index contributed by atoms with van der Waals surface area (Å²) >= 11 is 3.46. The van der Waals surface area contributed by atoms with Crippen molar-refractivity contribution >= 4 is 43.5 Å². The average Bonchev–Trinajstić information content (AvgIpc) is 2.95. The molecule has 0 radical (unpaired) electrons. The molecule has 1 aromatic carbocycles. The molecule has 1 atom stereocenters. The van der Waals surface area contributed by atoms with Crippen molar-refractivity contribution < 1.29 is 8.63 Å². The second-order valence-corrected chi connectivity index (χ2v) is 6.79. The van der Waals surface area contributed by atoms with Crippen LogP contribution in [0, 0.1) is 6.92 Å². The molecule has 0 saturated heterocycles. The molecule has 0 fully saturated rings. The maximum atomic E-state index is 12.4. The molecule has 0 amide bonds. The van der Waals surface area contributed by atoms with Crippen molar-refractivity contribution in [3.05, 3.63) is 34.1 Å². The molecule has 6 nitrogen and oxygen atoms in total. The Labute approximate surface area is 131 Å². The predicted octanol–water partition coefficient (Wildman–Crippen LogP) is 2.52. The number of anilines is 1. The first-order valence-electron chi connectivity index (χ1n) is 6.18. The average molecular weight is 369 g/mol. The van der Waals surface area contributed by atoms with Gasteiger partial charge in [-0.25, -0.2) is 9.19 Å². The summed E-state index contributed by atoms with van der Waals surface area (Å²) in [6.07, 6.45) is 0. The van der Waals surface area contributed by atoms with E-state index in [1.165, 1.54) is 0 Å². The molecular weight excluding hydrogens is 356 g/mol. The second-order valence-electron chi connectivity index (χ2n) is 4.67. The molecule has 0 aliphatic carbocycles. The van der Waals surface area contributed by atoms with Crippen LogP contribution in [0.3, 0.4) is 0 Å². The summed E-state index contributed by atoms with van der Waals surface area (Å²) in [6, 6.07) is 5.16. The minimum atomic E-state index is -1.39. The van der Waals surface area contributed by atoms with Gasteiger partial charge in [0.15, 0.2) is 5.58 Å². The standard InChI is InChI=1S/C13H13BrN4O2S/c1-7-12(14)10(18(2)17-7)6-21(19)13-16-9-4-3-8(15)5-11(9)20-13/h3-5H,6,15H2,1-2H3. The maximum Gasteiger partial charge on any atom is 0.288 e. The highest BCUT2D eigenvalue weighted by molar-refractivity contribution is 9.10. The van der Waals surface area contributed by atoms with Gasteiger partial charge in [-0.05, 0) is 35.0 Å². The number of hydrogen-bond donors (Lipinski definition) is 1. The molecule has 0 aliphatic heterocycles. The Hall–Kier alpha value is -1.67. The van der Waals surface area contributed by atoms with Gasteiger partial charge in [-0.15, -0.1) is 0 Å². The summed E-state index contributed by atoms with van der Waals surface area (Å²) in [4.78, 5) is 4.25. The van der Waals surface area contributed by atoms with Gasteiger partial charge >= 0.3 is 0 Å². The summed E-state index contributed by atoms with van der Waals surface area (Å²) in [7, 11) is 0.426. The van der Waals surface area contributed by atoms with Crippen molar-refractivity contribution in [1.29, 1.82) is 0 Å². The lowest BCUT2D eigenvalue weighted by Gasteiger charge is -2.00. The first-order valence-corrected chi connectivity index (χ1v) is 8.29. The number of aromatic nitrogens is 3. The number of nitrogens with zero attached hydrogens (tertiary/aromatic N) is 3. The molecule has 21 heavy (non-hydrogen) atoms. The molecule has 0 bridgehead atoms. The van der Waals surface area contributed by atoms with Crippen molar-refractivity contribution in [3.8, 4) is 0 Å². The third-order valence-electron chi connectivity index (χ3n) is 3.12. The van der Waals surface area contributed by atoms with Gasteiger partial charge in [-0.3, -0.25) is 4.68 Å². The number of nitrogen functional groups attached to an aromatic ring is 1. The number of aryl methyl sites for hydroxylation is 2. The quantitative estimate of drug-likeness (QED) is 0.717. The van der Waals surface area contributed by atoms with Crippen LogP contribution in [0.25, 0.3) is 11.1 Å².